The van der Waals surface area contributed by atoms with Gasteiger partial charge in [-0.3, -0.25) is 19.3 Å². The van der Waals surface area contributed by atoms with Crippen molar-refractivity contribution in [3.05, 3.63) is 59.1 Å². The molecule has 5 heterocycles. The molecule has 5 rings (SSSR count). The number of nitrogen functional groups attached to an aromatic ring is 1. The molecule has 0 radical (unpaired) electrons. The quantitative estimate of drug-likeness (QED) is 0.179. The Kier molecular flexibility index (Phi) is 5.90. The number of carbonyl (C=O) groups excluding carboxylic acids is 4. The Morgan fingerprint density at radius 1 is 1.37 bits per heavy atom. The van der Waals surface area contributed by atoms with E-state index >= 15 is 0 Å². The van der Waals surface area contributed by atoms with Gasteiger partial charge in [0.1, 0.15) is 30.4 Å². The van der Waals surface area contributed by atoms with Crippen LogP contribution in [0.25, 0.3) is 5.65 Å². The Bertz CT molecular complexity index is 1380. The fraction of sp³-hybridized carbons (Fsp3) is 0.238. The lowest BCUT2D eigenvalue weighted by atomic mass is 10.0. The maximum Gasteiger partial charge on any atom is 0.286 e. The summed E-state index contributed by atoms with van der Waals surface area (Å²) in [5.41, 5.74) is 7.08. The zero-order valence-electron chi connectivity index (χ0n) is 18.0. The first-order chi connectivity index (χ1) is 16.9. The number of fused-ring (bicyclic) bond motifs is 2. The highest BCUT2D eigenvalue weighted by molar-refractivity contribution is 8.00. The van der Waals surface area contributed by atoms with E-state index in [-0.39, 0.29) is 23.1 Å². The number of β-lactam (4-membered cyclic amide) rings is 1. The van der Waals surface area contributed by atoms with Gasteiger partial charge in [-0.05, 0) is 6.07 Å². The molecule has 0 aromatic carbocycles. The zero-order valence-corrected chi connectivity index (χ0v) is 19.6. The highest BCUT2D eigenvalue weighted by Gasteiger charge is 2.53. The van der Waals surface area contributed by atoms with Crippen LogP contribution in [0.3, 0.4) is 0 Å². The van der Waals surface area contributed by atoms with Gasteiger partial charge in [0.05, 0.1) is 23.6 Å². The van der Waals surface area contributed by atoms with E-state index in [4.69, 9.17) is 5.73 Å². The molecule has 0 saturated carbocycles. The fourth-order valence-electron chi connectivity index (χ4n) is 4.21. The van der Waals surface area contributed by atoms with Crippen LogP contribution < -0.4 is 26.0 Å². The van der Waals surface area contributed by atoms with E-state index in [1.54, 1.807) is 0 Å². The summed E-state index contributed by atoms with van der Waals surface area (Å²) in [5.74, 6) is -2.34. The van der Waals surface area contributed by atoms with E-state index in [1.165, 1.54) is 17.1 Å². The van der Waals surface area contributed by atoms with Crippen molar-refractivity contribution >= 4 is 58.1 Å². The van der Waals surface area contributed by atoms with Crippen molar-refractivity contribution in [2.45, 2.75) is 24.0 Å². The van der Waals surface area contributed by atoms with Gasteiger partial charge in [-0.25, -0.2) is 14.0 Å². The number of pyridine rings is 1. The number of aliphatic carboxylic acids is 1. The summed E-state index contributed by atoms with van der Waals surface area (Å²) in [4.78, 5) is 54.1. The number of rotatable bonds is 8. The molecule has 35 heavy (non-hydrogen) atoms. The van der Waals surface area contributed by atoms with Gasteiger partial charge in [0.15, 0.2) is 11.2 Å². The van der Waals surface area contributed by atoms with Crippen molar-refractivity contribution in [3.8, 4) is 0 Å². The number of thioether (sulfide) groups is 1. The van der Waals surface area contributed by atoms with Crippen molar-refractivity contribution in [1.82, 2.24) is 24.9 Å². The lowest BCUT2D eigenvalue weighted by molar-refractivity contribution is -0.662. The summed E-state index contributed by atoms with van der Waals surface area (Å²) < 4.78 is 3.79. The number of nitrogens with zero attached hydrogens (tertiary/aromatic N) is 4. The number of hydrogen-bond donors (Lipinski definition) is 3. The minimum atomic E-state index is -1.45. The number of thiazole rings is 1. The molecule has 0 spiro atoms. The molecule has 2 aliphatic heterocycles. The molecule has 2 aliphatic rings. The SMILES string of the molecule is Nc1nc(C(NC=O)C(=O)N[C@@H]2C(=O)N3C(C(=O)[O-])=C(C[n+]4ccn5ccccc54)CS[C@@H]23)cs1. The van der Waals surface area contributed by atoms with Crippen LogP contribution in [-0.2, 0) is 25.7 Å². The van der Waals surface area contributed by atoms with Gasteiger partial charge >= 0.3 is 0 Å². The first-order valence-corrected chi connectivity index (χ1v) is 12.4. The molecule has 3 aromatic heterocycles. The van der Waals surface area contributed by atoms with Gasteiger partial charge in [0.25, 0.3) is 11.6 Å². The van der Waals surface area contributed by atoms with E-state index in [0.717, 1.165) is 21.9 Å². The largest absolute Gasteiger partial charge is 0.543 e. The third-order valence-electron chi connectivity index (χ3n) is 5.80. The van der Waals surface area contributed by atoms with Gasteiger partial charge in [0, 0.05) is 22.8 Å². The molecule has 14 heteroatoms. The number of nitrogens with two attached hydrogens (primary N) is 1. The third kappa shape index (κ3) is 4.00. The number of carbonyl (C=O) groups is 4. The first-order valence-electron chi connectivity index (χ1n) is 10.4. The molecule has 1 unspecified atom stereocenters. The van der Waals surface area contributed by atoms with Crippen LogP contribution in [0.4, 0.5) is 5.13 Å². The van der Waals surface area contributed by atoms with Gasteiger partial charge in [0.2, 0.25) is 12.3 Å². The van der Waals surface area contributed by atoms with Crippen LogP contribution in [0.2, 0.25) is 0 Å². The highest BCUT2D eigenvalue weighted by Crippen LogP contribution is 2.40. The maximum absolute atomic E-state index is 13.0. The van der Waals surface area contributed by atoms with Gasteiger partial charge in [-0.2, -0.15) is 0 Å². The topological polar surface area (TPSA) is 166 Å². The second kappa shape index (κ2) is 9.03. The second-order valence-corrected chi connectivity index (χ2v) is 9.85. The Labute approximate surface area is 206 Å². The number of imidazole rings is 1. The standard InChI is InChI=1S/C21H19N7O5S2/c22-21-24-12(9-35-21)14(23-10-29)17(30)25-15-18(31)28-16(20(32)33)11(8-34-19(15)28)7-27-6-5-26-4-2-1-3-13(26)27/h1-6,9-10,14-15,19H,7-8H2,(H4-,22,23,24,25,29,30,32,33)/t14?,15-,19+/m1/s1. The summed E-state index contributed by atoms with van der Waals surface area (Å²) in [6.07, 6.45) is 5.92. The Hall–Kier alpha value is -3.91. The summed E-state index contributed by atoms with van der Waals surface area (Å²) >= 11 is 2.45. The number of carboxylic acid groups (broad SMARTS) is 1. The summed E-state index contributed by atoms with van der Waals surface area (Å²) in [5, 5.41) is 18.2. The minimum Gasteiger partial charge on any atom is -0.543 e. The highest BCUT2D eigenvalue weighted by atomic mass is 32.2. The maximum atomic E-state index is 13.0. The number of aromatic nitrogens is 3. The van der Waals surface area contributed by atoms with Crippen LogP contribution in [0.5, 0.6) is 0 Å². The Morgan fingerprint density at radius 3 is 2.91 bits per heavy atom. The van der Waals surface area contributed by atoms with Crippen molar-refractivity contribution in [2.24, 2.45) is 0 Å². The Balaban J connectivity index is 1.36. The average Bonchev–Trinajstić information content (AvgIpc) is 3.46. The number of carboxylic acids is 1. The third-order valence-corrected chi connectivity index (χ3v) is 7.83. The van der Waals surface area contributed by atoms with Crippen LogP contribution in [0.15, 0.2) is 53.4 Å². The number of nitrogens with one attached hydrogen (secondary N) is 2. The fourth-order valence-corrected chi connectivity index (χ4v) is 6.13. The summed E-state index contributed by atoms with van der Waals surface area (Å²) in [6.45, 7) is 0.265. The lowest BCUT2D eigenvalue weighted by Gasteiger charge is -2.50. The molecule has 3 amide bonds. The smallest absolute Gasteiger partial charge is 0.286 e. The molecule has 3 aromatic rings. The predicted octanol–water partition coefficient (Wildman–Crippen LogP) is -1.84. The lowest BCUT2D eigenvalue weighted by Crippen LogP contribution is -2.71. The van der Waals surface area contributed by atoms with E-state index < -0.39 is 35.2 Å². The molecule has 1 fully saturated rings. The van der Waals surface area contributed by atoms with E-state index in [0.29, 0.717) is 17.7 Å². The van der Waals surface area contributed by atoms with Crippen LogP contribution in [0.1, 0.15) is 11.7 Å². The van der Waals surface area contributed by atoms with Crippen molar-refractivity contribution in [2.75, 3.05) is 11.5 Å². The number of hydrogen-bond acceptors (Lipinski definition) is 9. The van der Waals surface area contributed by atoms with E-state index in [2.05, 4.69) is 15.6 Å². The normalized spacial score (nSPS) is 20.2. The molecule has 0 aliphatic carbocycles. The van der Waals surface area contributed by atoms with Crippen molar-refractivity contribution in [1.29, 1.82) is 0 Å². The zero-order chi connectivity index (χ0) is 24.7. The van der Waals surface area contributed by atoms with E-state index in [9.17, 15) is 24.3 Å². The van der Waals surface area contributed by atoms with Crippen LogP contribution in [0, 0.1) is 0 Å². The molecule has 3 atom stereocenters. The van der Waals surface area contributed by atoms with Crippen molar-refractivity contribution in [3.63, 3.8) is 0 Å². The summed E-state index contributed by atoms with van der Waals surface area (Å²) in [7, 11) is 0. The minimum absolute atomic E-state index is 0.179. The monoisotopic (exact) mass is 513 g/mol. The van der Waals surface area contributed by atoms with Gasteiger partial charge in [-0.1, -0.05) is 6.07 Å². The summed E-state index contributed by atoms with van der Waals surface area (Å²) in [6, 6.07) is 3.57. The van der Waals surface area contributed by atoms with E-state index in [1.807, 2.05) is 45.8 Å². The first kappa shape index (κ1) is 22.9. The molecular formula is C21H19N7O5S2. The van der Waals surface area contributed by atoms with Crippen LogP contribution >= 0.6 is 23.1 Å². The Morgan fingerprint density at radius 2 is 2.20 bits per heavy atom. The molecule has 12 nitrogen and oxygen atoms in total. The predicted molar refractivity (Wildman–Crippen MR) is 123 cm³/mol. The average molecular weight is 514 g/mol. The molecule has 4 N–H and O–H groups in total. The molecular weight excluding hydrogens is 494 g/mol. The van der Waals surface area contributed by atoms with Gasteiger partial charge < -0.3 is 26.3 Å². The van der Waals surface area contributed by atoms with Crippen LogP contribution in [-0.4, -0.2) is 55.6 Å². The number of anilines is 1. The second-order valence-electron chi connectivity index (χ2n) is 7.86. The van der Waals surface area contributed by atoms with Crippen molar-refractivity contribution < 1.29 is 28.9 Å². The molecule has 0 bridgehead atoms. The van der Waals surface area contributed by atoms with Gasteiger partial charge in [-0.15, -0.1) is 23.1 Å². The molecule has 180 valence electrons. The molecule has 1 saturated heterocycles. The number of amides is 3.